The zero-order valence-electron chi connectivity index (χ0n) is 15.0. The summed E-state index contributed by atoms with van der Waals surface area (Å²) in [6.07, 6.45) is 7.77. The van der Waals surface area contributed by atoms with Gasteiger partial charge in [0.2, 0.25) is 0 Å². The Morgan fingerprint density at radius 1 is 1.09 bits per heavy atom. The second-order valence-electron chi connectivity index (χ2n) is 6.74. The zero-order chi connectivity index (χ0) is 15.6. The molecule has 1 saturated carbocycles. The molecule has 2 N–H and O–H groups in total. The van der Waals surface area contributed by atoms with Gasteiger partial charge >= 0.3 is 0 Å². The molecule has 2 aliphatic rings. The molecular weight excluding hydrogens is 401 g/mol. The van der Waals surface area contributed by atoms with Crippen LogP contribution in [0.1, 0.15) is 45.4 Å². The van der Waals surface area contributed by atoms with E-state index in [0.29, 0.717) is 6.04 Å². The molecule has 0 bridgehead atoms. The average Bonchev–Trinajstić information content (AvgIpc) is 2.92. The first-order valence-corrected chi connectivity index (χ1v) is 9.23. The van der Waals surface area contributed by atoms with E-state index in [1.54, 1.807) is 0 Å². The SMILES string of the molecule is CCNC(=NCCCN1CCCN(C)CC1)NC1CCCC1.I. The minimum absolute atomic E-state index is 0. The van der Waals surface area contributed by atoms with Gasteiger partial charge in [-0.2, -0.15) is 0 Å². The molecular formula is C17H36IN5. The van der Waals surface area contributed by atoms with E-state index in [9.17, 15) is 0 Å². The molecule has 0 atom stereocenters. The van der Waals surface area contributed by atoms with Crippen LogP contribution in [0.4, 0.5) is 0 Å². The van der Waals surface area contributed by atoms with Crippen molar-refractivity contribution in [3.8, 4) is 0 Å². The second-order valence-corrected chi connectivity index (χ2v) is 6.74. The summed E-state index contributed by atoms with van der Waals surface area (Å²) in [5.74, 6) is 1.02. The van der Waals surface area contributed by atoms with Crippen molar-refractivity contribution in [2.75, 3.05) is 52.9 Å². The number of nitrogens with one attached hydrogen (secondary N) is 2. The van der Waals surface area contributed by atoms with Gasteiger partial charge in [-0.3, -0.25) is 4.99 Å². The van der Waals surface area contributed by atoms with Gasteiger partial charge in [0.25, 0.3) is 0 Å². The maximum Gasteiger partial charge on any atom is 0.191 e. The van der Waals surface area contributed by atoms with Gasteiger partial charge in [-0.25, -0.2) is 0 Å². The summed E-state index contributed by atoms with van der Waals surface area (Å²) in [4.78, 5) is 9.79. The van der Waals surface area contributed by atoms with Crippen LogP contribution < -0.4 is 10.6 Å². The highest BCUT2D eigenvalue weighted by molar-refractivity contribution is 14.0. The van der Waals surface area contributed by atoms with Crippen molar-refractivity contribution in [1.82, 2.24) is 20.4 Å². The number of nitrogens with zero attached hydrogens (tertiary/aromatic N) is 3. The van der Waals surface area contributed by atoms with Gasteiger partial charge in [-0.1, -0.05) is 12.8 Å². The molecule has 0 aromatic carbocycles. The maximum absolute atomic E-state index is 4.76. The molecule has 0 aromatic heterocycles. The number of hydrogen-bond acceptors (Lipinski definition) is 3. The lowest BCUT2D eigenvalue weighted by molar-refractivity contribution is 0.275. The Kier molecular flexibility index (Phi) is 11.2. The first-order valence-electron chi connectivity index (χ1n) is 9.23. The summed E-state index contributed by atoms with van der Waals surface area (Å²) in [5.41, 5.74) is 0. The molecule has 1 saturated heterocycles. The normalized spacial score (nSPS) is 21.7. The van der Waals surface area contributed by atoms with E-state index in [0.717, 1.165) is 25.5 Å². The van der Waals surface area contributed by atoms with Crippen LogP contribution in [0.5, 0.6) is 0 Å². The van der Waals surface area contributed by atoms with E-state index in [2.05, 4.69) is 34.4 Å². The molecule has 2 rings (SSSR count). The van der Waals surface area contributed by atoms with E-state index in [-0.39, 0.29) is 24.0 Å². The molecule has 1 aliphatic heterocycles. The van der Waals surface area contributed by atoms with Crippen molar-refractivity contribution >= 4 is 29.9 Å². The number of halogens is 1. The maximum atomic E-state index is 4.76. The molecule has 23 heavy (non-hydrogen) atoms. The fourth-order valence-electron chi connectivity index (χ4n) is 3.39. The van der Waals surface area contributed by atoms with Gasteiger partial charge < -0.3 is 20.4 Å². The highest BCUT2D eigenvalue weighted by Gasteiger charge is 2.16. The summed E-state index contributed by atoms with van der Waals surface area (Å²) >= 11 is 0. The average molecular weight is 437 g/mol. The molecule has 0 unspecified atom stereocenters. The van der Waals surface area contributed by atoms with Gasteiger partial charge in [-0.15, -0.1) is 24.0 Å². The van der Waals surface area contributed by atoms with Crippen molar-refractivity contribution in [2.45, 2.75) is 51.5 Å². The minimum atomic E-state index is 0. The third-order valence-electron chi connectivity index (χ3n) is 4.75. The molecule has 5 nitrogen and oxygen atoms in total. The molecule has 0 amide bonds. The van der Waals surface area contributed by atoms with Crippen molar-refractivity contribution < 1.29 is 0 Å². The third kappa shape index (κ3) is 8.54. The molecule has 0 spiro atoms. The third-order valence-corrected chi connectivity index (χ3v) is 4.75. The Morgan fingerprint density at radius 3 is 2.61 bits per heavy atom. The van der Waals surface area contributed by atoms with Gasteiger partial charge in [0.05, 0.1) is 0 Å². The smallest absolute Gasteiger partial charge is 0.191 e. The Morgan fingerprint density at radius 2 is 1.87 bits per heavy atom. The Hall–Kier alpha value is -0.0800. The van der Waals surface area contributed by atoms with E-state index in [4.69, 9.17) is 4.99 Å². The lowest BCUT2D eigenvalue weighted by atomic mass is 10.2. The number of aliphatic imine (C=N–C) groups is 1. The molecule has 0 radical (unpaired) electrons. The van der Waals surface area contributed by atoms with Crippen LogP contribution in [0.25, 0.3) is 0 Å². The molecule has 0 aromatic rings. The molecule has 6 heteroatoms. The summed E-state index contributed by atoms with van der Waals surface area (Å²) in [5, 5.41) is 6.97. The van der Waals surface area contributed by atoms with Crippen LogP contribution >= 0.6 is 24.0 Å². The zero-order valence-corrected chi connectivity index (χ0v) is 17.3. The summed E-state index contributed by atoms with van der Waals surface area (Å²) in [6.45, 7) is 10.1. The van der Waals surface area contributed by atoms with E-state index in [1.807, 2.05) is 0 Å². The molecule has 1 heterocycles. The summed E-state index contributed by atoms with van der Waals surface area (Å²) < 4.78 is 0. The molecule has 136 valence electrons. The lowest BCUT2D eigenvalue weighted by Gasteiger charge is -2.20. The highest BCUT2D eigenvalue weighted by atomic mass is 127. The molecule has 2 fully saturated rings. The molecule has 1 aliphatic carbocycles. The van der Waals surface area contributed by atoms with Crippen molar-refractivity contribution in [2.24, 2.45) is 4.99 Å². The number of rotatable bonds is 6. The first-order chi connectivity index (χ1) is 10.8. The van der Waals surface area contributed by atoms with Crippen LogP contribution in [-0.4, -0.2) is 74.7 Å². The highest BCUT2D eigenvalue weighted by Crippen LogP contribution is 2.17. The standard InChI is InChI=1S/C17H35N5.HI/c1-3-18-17(20-16-8-4-5-9-16)19-10-6-12-22-13-7-11-21(2)14-15-22;/h16H,3-15H2,1-2H3,(H2,18,19,20);1H. The van der Waals surface area contributed by atoms with Gasteiger partial charge in [-0.05, 0) is 59.3 Å². The Balaban J connectivity index is 0.00000264. The Bertz CT molecular complexity index is 331. The van der Waals surface area contributed by atoms with Crippen molar-refractivity contribution in [1.29, 1.82) is 0 Å². The topological polar surface area (TPSA) is 42.9 Å². The van der Waals surface area contributed by atoms with E-state index < -0.39 is 0 Å². The minimum Gasteiger partial charge on any atom is -0.357 e. The predicted molar refractivity (Wildman–Crippen MR) is 110 cm³/mol. The quantitative estimate of drug-likeness (QED) is 0.289. The van der Waals surface area contributed by atoms with Gasteiger partial charge in [0.15, 0.2) is 5.96 Å². The van der Waals surface area contributed by atoms with Gasteiger partial charge in [0.1, 0.15) is 0 Å². The summed E-state index contributed by atoms with van der Waals surface area (Å²) in [6, 6.07) is 0.638. The largest absolute Gasteiger partial charge is 0.357 e. The number of guanidine groups is 1. The van der Waals surface area contributed by atoms with Gasteiger partial charge in [0, 0.05) is 32.2 Å². The predicted octanol–water partition coefficient (Wildman–Crippen LogP) is 2.13. The number of likely N-dealkylation sites (N-methyl/N-ethyl adjacent to an activating group) is 1. The summed E-state index contributed by atoms with van der Waals surface area (Å²) in [7, 11) is 2.23. The van der Waals surface area contributed by atoms with Crippen LogP contribution in [0.3, 0.4) is 0 Å². The Labute approximate surface area is 159 Å². The second kappa shape index (κ2) is 12.3. The fraction of sp³-hybridized carbons (Fsp3) is 0.941. The monoisotopic (exact) mass is 437 g/mol. The van der Waals surface area contributed by atoms with Crippen LogP contribution in [0.15, 0.2) is 4.99 Å². The van der Waals surface area contributed by atoms with Crippen molar-refractivity contribution in [3.05, 3.63) is 0 Å². The lowest BCUT2D eigenvalue weighted by Crippen LogP contribution is -2.42. The van der Waals surface area contributed by atoms with Crippen LogP contribution in [0.2, 0.25) is 0 Å². The van der Waals surface area contributed by atoms with Crippen LogP contribution in [0, 0.1) is 0 Å². The van der Waals surface area contributed by atoms with Crippen molar-refractivity contribution in [3.63, 3.8) is 0 Å². The first kappa shape index (κ1) is 21.0. The number of hydrogen-bond donors (Lipinski definition) is 2. The van der Waals surface area contributed by atoms with Crippen LogP contribution in [-0.2, 0) is 0 Å². The van der Waals surface area contributed by atoms with E-state index in [1.165, 1.54) is 64.8 Å². The fourth-order valence-corrected chi connectivity index (χ4v) is 3.39. The van der Waals surface area contributed by atoms with E-state index >= 15 is 0 Å².